The molecule has 1 heterocycles. The van der Waals surface area contributed by atoms with Crippen molar-refractivity contribution >= 4 is 0 Å². The third-order valence-corrected chi connectivity index (χ3v) is 2.63. The van der Waals surface area contributed by atoms with Crippen molar-refractivity contribution < 1.29 is 4.74 Å². The number of aryl methyl sites for hydroxylation is 2. The minimum absolute atomic E-state index is 0.348. The number of nitrogens with zero attached hydrogens (tertiary/aromatic N) is 2. The fourth-order valence-electron chi connectivity index (χ4n) is 1.72. The first-order valence-electron chi connectivity index (χ1n) is 6.41. The Hall–Kier alpha value is -0.870. The third-order valence-electron chi connectivity index (χ3n) is 2.63. The second-order valence-electron chi connectivity index (χ2n) is 4.72. The topological polar surface area (TPSA) is 39.1 Å². The summed E-state index contributed by atoms with van der Waals surface area (Å²) in [6, 6.07) is 0. The Morgan fingerprint density at radius 2 is 2.18 bits per heavy atom. The van der Waals surface area contributed by atoms with Crippen LogP contribution in [0.5, 0.6) is 0 Å². The summed E-state index contributed by atoms with van der Waals surface area (Å²) < 4.78 is 7.35. The van der Waals surface area contributed by atoms with Crippen molar-refractivity contribution in [3.8, 4) is 0 Å². The van der Waals surface area contributed by atoms with Crippen LogP contribution in [0.3, 0.4) is 0 Å². The molecule has 17 heavy (non-hydrogen) atoms. The quantitative estimate of drug-likeness (QED) is 0.705. The molecule has 0 amide bonds. The summed E-state index contributed by atoms with van der Waals surface area (Å²) in [7, 11) is 1.96. The van der Waals surface area contributed by atoms with E-state index in [9.17, 15) is 0 Å². The molecule has 1 aromatic rings. The molecule has 0 bridgehead atoms. The smallest absolute Gasteiger partial charge is 0.0638 e. The van der Waals surface area contributed by atoms with E-state index in [4.69, 9.17) is 4.74 Å². The maximum atomic E-state index is 5.49. The molecule has 0 saturated heterocycles. The van der Waals surface area contributed by atoms with Gasteiger partial charge in [0.25, 0.3) is 0 Å². The van der Waals surface area contributed by atoms with Crippen LogP contribution in [0.4, 0.5) is 0 Å². The average molecular weight is 239 g/mol. The number of nitrogens with one attached hydrogen (secondary N) is 1. The summed E-state index contributed by atoms with van der Waals surface area (Å²) >= 11 is 0. The molecule has 0 aliphatic carbocycles. The number of aromatic nitrogens is 2. The minimum Gasteiger partial charge on any atom is -0.379 e. The second kappa shape index (κ2) is 7.45. The van der Waals surface area contributed by atoms with Gasteiger partial charge in [0.1, 0.15) is 0 Å². The van der Waals surface area contributed by atoms with Crippen LogP contribution in [0.2, 0.25) is 0 Å². The first kappa shape index (κ1) is 14.2. The van der Waals surface area contributed by atoms with Gasteiger partial charge in [0.05, 0.1) is 11.8 Å². The first-order valence-corrected chi connectivity index (χ1v) is 6.41. The molecule has 0 saturated carbocycles. The van der Waals surface area contributed by atoms with Gasteiger partial charge in [-0.15, -0.1) is 0 Å². The standard InChI is InChI=1S/C13H25N3O/c1-11(2)17-8-6-5-7-14-9-13-10-16(4)15-12(13)3/h10-11,14H,5-9H2,1-4H3. The Kier molecular flexibility index (Phi) is 6.22. The number of unbranched alkanes of at least 4 members (excludes halogenated alkanes) is 1. The largest absolute Gasteiger partial charge is 0.379 e. The van der Waals surface area contributed by atoms with Crippen LogP contribution in [-0.4, -0.2) is 29.0 Å². The fourth-order valence-corrected chi connectivity index (χ4v) is 1.72. The van der Waals surface area contributed by atoms with Gasteiger partial charge >= 0.3 is 0 Å². The summed E-state index contributed by atoms with van der Waals surface area (Å²) in [4.78, 5) is 0. The molecule has 0 aromatic carbocycles. The molecule has 0 aliphatic rings. The number of ether oxygens (including phenoxy) is 1. The van der Waals surface area contributed by atoms with Gasteiger partial charge in [-0.2, -0.15) is 5.10 Å². The molecule has 0 radical (unpaired) electrons. The van der Waals surface area contributed by atoms with E-state index in [0.29, 0.717) is 6.10 Å². The Bertz CT molecular complexity index is 320. The van der Waals surface area contributed by atoms with E-state index in [2.05, 4.69) is 30.5 Å². The molecular weight excluding hydrogens is 214 g/mol. The molecular formula is C13H25N3O. The lowest BCUT2D eigenvalue weighted by Gasteiger charge is -2.07. The van der Waals surface area contributed by atoms with Gasteiger partial charge in [0.15, 0.2) is 0 Å². The van der Waals surface area contributed by atoms with Crippen LogP contribution < -0.4 is 5.32 Å². The summed E-state index contributed by atoms with van der Waals surface area (Å²) in [5.74, 6) is 0. The zero-order valence-electron chi connectivity index (χ0n) is 11.5. The number of hydrogen-bond acceptors (Lipinski definition) is 3. The van der Waals surface area contributed by atoms with E-state index in [1.54, 1.807) is 0 Å². The highest BCUT2D eigenvalue weighted by atomic mass is 16.5. The maximum absolute atomic E-state index is 5.49. The molecule has 0 atom stereocenters. The first-order chi connectivity index (χ1) is 8.09. The van der Waals surface area contributed by atoms with Crippen molar-refractivity contribution in [1.82, 2.24) is 15.1 Å². The Morgan fingerprint density at radius 3 is 2.76 bits per heavy atom. The number of rotatable bonds is 8. The Balaban J connectivity index is 2.03. The van der Waals surface area contributed by atoms with E-state index < -0.39 is 0 Å². The Labute approximate surface area is 104 Å². The normalized spacial score (nSPS) is 11.4. The highest BCUT2D eigenvalue weighted by Gasteiger charge is 2.01. The van der Waals surface area contributed by atoms with Crippen LogP contribution >= 0.6 is 0 Å². The molecule has 1 rings (SSSR count). The predicted octanol–water partition coefficient (Wildman–Crippen LogP) is 2.02. The van der Waals surface area contributed by atoms with Crippen molar-refractivity contribution in [3.63, 3.8) is 0 Å². The highest BCUT2D eigenvalue weighted by molar-refractivity contribution is 5.14. The molecule has 4 heteroatoms. The third kappa shape index (κ3) is 5.84. The van der Waals surface area contributed by atoms with Crippen LogP contribution in [0.1, 0.15) is 37.9 Å². The molecule has 0 unspecified atom stereocenters. The van der Waals surface area contributed by atoms with Gasteiger partial charge in [0, 0.05) is 32.0 Å². The lowest BCUT2D eigenvalue weighted by Crippen LogP contribution is -2.15. The maximum Gasteiger partial charge on any atom is 0.0638 e. The van der Waals surface area contributed by atoms with Gasteiger partial charge in [0.2, 0.25) is 0 Å². The molecule has 1 N–H and O–H groups in total. The SMILES string of the molecule is Cc1nn(C)cc1CNCCCCOC(C)C. The van der Waals surface area contributed by atoms with Crippen LogP contribution in [-0.2, 0) is 18.3 Å². The van der Waals surface area contributed by atoms with Crippen molar-refractivity contribution in [1.29, 1.82) is 0 Å². The zero-order valence-corrected chi connectivity index (χ0v) is 11.5. The van der Waals surface area contributed by atoms with Gasteiger partial charge in [-0.1, -0.05) is 0 Å². The molecule has 0 fully saturated rings. The van der Waals surface area contributed by atoms with Gasteiger partial charge < -0.3 is 10.1 Å². The summed E-state index contributed by atoms with van der Waals surface area (Å²) in [6.07, 6.45) is 4.70. The van der Waals surface area contributed by atoms with Crippen molar-refractivity contribution in [2.45, 2.75) is 46.3 Å². The van der Waals surface area contributed by atoms with Gasteiger partial charge in [-0.3, -0.25) is 4.68 Å². The molecule has 1 aromatic heterocycles. The molecule has 0 spiro atoms. The lowest BCUT2D eigenvalue weighted by molar-refractivity contribution is 0.0760. The summed E-state index contributed by atoms with van der Waals surface area (Å²) in [6.45, 7) is 9.01. The molecule has 0 aliphatic heterocycles. The van der Waals surface area contributed by atoms with Crippen LogP contribution in [0, 0.1) is 6.92 Å². The van der Waals surface area contributed by atoms with E-state index in [1.807, 2.05) is 18.7 Å². The highest BCUT2D eigenvalue weighted by Crippen LogP contribution is 2.03. The van der Waals surface area contributed by atoms with Gasteiger partial charge in [-0.25, -0.2) is 0 Å². The molecule has 4 nitrogen and oxygen atoms in total. The predicted molar refractivity (Wildman–Crippen MR) is 70.0 cm³/mol. The van der Waals surface area contributed by atoms with E-state index in [0.717, 1.165) is 38.2 Å². The number of hydrogen-bond donors (Lipinski definition) is 1. The fraction of sp³-hybridized carbons (Fsp3) is 0.769. The Morgan fingerprint density at radius 1 is 1.41 bits per heavy atom. The average Bonchev–Trinajstić information content (AvgIpc) is 2.55. The van der Waals surface area contributed by atoms with Crippen LogP contribution in [0.25, 0.3) is 0 Å². The monoisotopic (exact) mass is 239 g/mol. The van der Waals surface area contributed by atoms with Crippen molar-refractivity contribution in [3.05, 3.63) is 17.5 Å². The van der Waals surface area contributed by atoms with E-state index in [1.165, 1.54) is 5.56 Å². The second-order valence-corrected chi connectivity index (χ2v) is 4.72. The van der Waals surface area contributed by atoms with E-state index in [-0.39, 0.29) is 0 Å². The van der Waals surface area contributed by atoms with Crippen molar-refractivity contribution in [2.75, 3.05) is 13.2 Å². The lowest BCUT2D eigenvalue weighted by atomic mass is 10.2. The van der Waals surface area contributed by atoms with Crippen molar-refractivity contribution in [2.24, 2.45) is 7.05 Å². The summed E-state index contributed by atoms with van der Waals surface area (Å²) in [5, 5.41) is 7.75. The van der Waals surface area contributed by atoms with E-state index >= 15 is 0 Å². The van der Waals surface area contributed by atoms with Crippen LogP contribution in [0.15, 0.2) is 6.20 Å². The zero-order chi connectivity index (χ0) is 12.7. The molecule has 98 valence electrons. The summed E-state index contributed by atoms with van der Waals surface area (Å²) in [5.41, 5.74) is 2.40. The van der Waals surface area contributed by atoms with Gasteiger partial charge in [-0.05, 0) is 40.2 Å². The minimum atomic E-state index is 0.348.